The van der Waals surface area contributed by atoms with Gasteiger partial charge in [0.15, 0.2) is 15.6 Å². The van der Waals surface area contributed by atoms with Crippen molar-refractivity contribution in [3.05, 3.63) is 29.6 Å². The number of ketones is 1. The van der Waals surface area contributed by atoms with E-state index >= 15 is 0 Å². The van der Waals surface area contributed by atoms with Gasteiger partial charge in [0, 0.05) is 11.9 Å². The molecule has 4 nitrogen and oxygen atoms in total. The summed E-state index contributed by atoms with van der Waals surface area (Å²) in [5.41, 5.74) is -1.03. The molecule has 1 aromatic heterocycles. The molecule has 1 aromatic rings. The topological polar surface area (TPSA) is 64.1 Å². The summed E-state index contributed by atoms with van der Waals surface area (Å²) < 4.78 is 60.2. The second-order valence-corrected chi connectivity index (χ2v) is 10.0. The molecule has 0 aliphatic heterocycles. The van der Waals surface area contributed by atoms with Gasteiger partial charge in [0.25, 0.3) is 0 Å². The minimum Gasteiger partial charge on any atom is -0.298 e. The molecule has 0 fully saturated rings. The number of alkyl halides is 3. The van der Waals surface area contributed by atoms with Crippen molar-refractivity contribution in [2.45, 2.75) is 56.7 Å². The first-order valence-corrected chi connectivity index (χ1v) is 8.38. The zero-order valence-corrected chi connectivity index (χ0v) is 14.5. The van der Waals surface area contributed by atoms with E-state index in [-0.39, 0.29) is 5.69 Å². The third-order valence-corrected chi connectivity index (χ3v) is 6.82. The first-order valence-electron chi connectivity index (χ1n) is 6.90. The normalized spacial score (nSPS) is 13.9. The van der Waals surface area contributed by atoms with E-state index < -0.39 is 43.3 Å². The Kier molecular flexibility index (Phi) is 5.02. The largest absolute Gasteiger partial charge is 0.416 e. The van der Waals surface area contributed by atoms with Crippen molar-refractivity contribution in [2.75, 3.05) is 0 Å². The SMILES string of the molecule is CC(C)(C)S(=O)(=O)C(C)(C)C(=O)Cc1cc(C(F)(F)F)ccn1. The van der Waals surface area contributed by atoms with Crippen LogP contribution in [-0.2, 0) is 27.2 Å². The Morgan fingerprint density at radius 1 is 1.13 bits per heavy atom. The van der Waals surface area contributed by atoms with Crippen LogP contribution >= 0.6 is 0 Å². The highest BCUT2D eigenvalue weighted by molar-refractivity contribution is 7.94. The molecule has 1 rings (SSSR count). The van der Waals surface area contributed by atoms with E-state index in [1.807, 2.05) is 0 Å². The van der Waals surface area contributed by atoms with Crippen molar-refractivity contribution < 1.29 is 26.4 Å². The number of rotatable bonds is 4. The van der Waals surface area contributed by atoms with Gasteiger partial charge < -0.3 is 0 Å². The van der Waals surface area contributed by atoms with Gasteiger partial charge in [-0.2, -0.15) is 13.2 Å². The predicted molar refractivity (Wildman–Crippen MR) is 80.7 cm³/mol. The van der Waals surface area contributed by atoms with Gasteiger partial charge in [0.1, 0.15) is 4.75 Å². The number of aromatic nitrogens is 1. The fourth-order valence-corrected chi connectivity index (χ4v) is 3.95. The molecule has 0 saturated heterocycles. The third-order valence-electron chi connectivity index (χ3n) is 3.64. The fraction of sp³-hybridized carbons (Fsp3) is 0.600. The number of nitrogens with zero attached hydrogens (tertiary/aromatic N) is 1. The average molecular weight is 351 g/mol. The van der Waals surface area contributed by atoms with Crippen LogP contribution in [0.4, 0.5) is 13.2 Å². The minimum absolute atomic E-state index is 0.109. The van der Waals surface area contributed by atoms with Crippen molar-refractivity contribution >= 4 is 15.6 Å². The molecule has 0 bridgehead atoms. The van der Waals surface area contributed by atoms with Crippen LogP contribution in [0.2, 0.25) is 0 Å². The Labute approximate surface area is 134 Å². The number of sulfone groups is 1. The zero-order valence-electron chi connectivity index (χ0n) is 13.7. The van der Waals surface area contributed by atoms with Crippen LogP contribution in [0, 0.1) is 0 Å². The van der Waals surface area contributed by atoms with E-state index in [1.165, 1.54) is 34.6 Å². The lowest BCUT2D eigenvalue weighted by molar-refractivity contribution is -0.137. The molecule has 0 radical (unpaired) electrons. The predicted octanol–water partition coefficient (Wildman–Crippen LogP) is 3.20. The second-order valence-electron chi connectivity index (χ2n) is 6.76. The maximum atomic E-state index is 12.7. The Hall–Kier alpha value is -1.44. The minimum atomic E-state index is -4.55. The van der Waals surface area contributed by atoms with Crippen LogP contribution in [0.1, 0.15) is 45.9 Å². The van der Waals surface area contributed by atoms with Crippen LogP contribution in [-0.4, -0.2) is 28.7 Å². The number of pyridine rings is 1. The van der Waals surface area contributed by atoms with Gasteiger partial charge in [0.2, 0.25) is 0 Å². The first-order chi connectivity index (χ1) is 10.1. The van der Waals surface area contributed by atoms with Gasteiger partial charge in [-0.05, 0) is 46.8 Å². The molecule has 0 saturated carbocycles. The van der Waals surface area contributed by atoms with E-state index in [0.29, 0.717) is 0 Å². The zero-order chi connectivity index (χ0) is 18.3. The Balaban J connectivity index is 3.14. The third kappa shape index (κ3) is 3.91. The summed E-state index contributed by atoms with van der Waals surface area (Å²) in [4.78, 5) is 16.1. The molecule has 0 unspecified atom stereocenters. The highest BCUT2D eigenvalue weighted by Crippen LogP contribution is 2.32. The maximum absolute atomic E-state index is 12.7. The highest BCUT2D eigenvalue weighted by atomic mass is 32.2. The van der Waals surface area contributed by atoms with Crippen molar-refractivity contribution in [1.29, 1.82) is 0 Å². The van der Waals surface area contributed by atoms with E-state index in [0.717, 1.165) is 18.3 Å². The number of carbonyl (C=O) groups is 1. The molecule has 0 atom stereocenters. The molecule has 0 aliphatic rings. The monoisotopic (exact) mass is 351 g/mol. The quantitative estimate of drug-likeness (QED) is 0.836. The fourth-order valence-electron chi connectivity index (χ4n) is 2.04. The average Bonchev–Trinajstić information content (AvgIpc) is 2.36. The summed E-state index contributed by atoms with van der Waals surface area (Å²) in [6, 6.07) is 1.56. The summed E-state index contributed by atoms with van der Waals surface area (Å²) in [7, 11) is -3.83. The van der Waals surface area contributed by atoms with Gasteiger partial charge in [-0.25, -0.2) is 8.42 Å². The Morgan fingerprint density at radius 2 is 1.65 bits per heavy atom. The lowest BCUT2D eigenvalue weighted by Crippen LogP contribution is -2.49. The van der Waals surface area contributed by atoms with Crippen LogP contribution in [0.25, 0.3) is 0 Å². The molecule has 130 valence electrons. The molecular formula is C15H20F3NO3S. The maximum Gasteiger partial charge on any atom is 0.416 e. The standard InChI is InChI=1S/C15H20F3NO3S/c1-13(2,3)23(21,22)14(4,5)12(20)9-11-8-10(6-7-19-11)15(16,17)18/h6-8H,9H2,1-5H3. The van der Waals surface area contributed by atoms with Crippen LogP contribution in [0.15, 0.2) is 18.3 Å². The molecule has 0 aromatic carbocycles. The Morgan fingerprint density at radius 3 is 2.09 bits per heavy atom. The van der Waals surface area contributed by atoms with Gasteiger partial charge >= 0.3 is 6.18 Å². The van der Waals surface area contributed by atoms with Crippen molar-refractivity contribution in [1.82, 2.24) is 4.98 Å². The molecule has 0 spiro atoms. The molecule has 1 heterocycles. The Bertz CT molecular complexity index is 701. The first kappa shape index (κ1) is 19.6. The van der Waals surface area contributed by atoms with Crippen LogP contribution < -0.4 is 0 Å². The number of hydrogen-bond donors (Lipinski definition) is 0. The smallest absolute Gasteiger partial charge is 0.298 e. The van der Waals surface area contributed by atoms with Crippen molar-refractivity contribution in [2.24, 2.45) is 0 Å². The van der Waals surface area contributed by atoms with Gasteiger partial charge in [-0.15, -0.1) is 0 Å². The summed E-state index contributed by atoms with van der Waals surface area (Å²) in [5.74, 6) is -0.695. The number of halogens is 3. The van der Waals surface area contributed by atoms with E-state index in [4.69, 9.17) is 0 Å². The van der Waals surface area contributed by atoms with Crippen LogP contribution in [0.5, 0.6) is 0 Å². The molecule has 0 aliphatic carbocycles. The molecule has 0 N–H and O–H groups in total. The molecule has 8 heteroatoms. The summed E-state index contributed by atoms with van der Waals surface area (Å²) in [6.45, 7) is 6.95. The van der Waals surface area contributed by atoms with Crippen molar-refractivity contribution in [3.8, 4) is 0 Å². The number of carbonyl (C=O) groups excluding carboxylic acids is 1. The van der Waals surface area contributed by atoms with Gasteiger partial charge in [0.05, 0.1) is 16.7 Å². The number of hydrogen-bond acceptors (Lipinski definition) is 4. The second kappa shape index (κ2) is 5.89. The van der Waals surface area contributed by atoms with Crippen LogP contribution in [0.3, 0.4) is 0 Å². The summed E-state index contributed by atoms with van der Waals surface area (Å²) in [5, 5.41) is 0. The molecule has 0 amide bonds. The van der Waals surface area contributed by atoms with Gasteiger partial charge in [-0.3, -0.25) is 9.78 Å². The lowest BCUT2D eigenvalue weighted by Gasteiger charge is -2.31. The summed E-state index contributed by atoms with van der Waals surface area (Å²) in [6.07, 6.45) is -4.07. The summed E-state index contributed by atoms with van der Waals surface area (Å²) >= 11 is 0. The van der Waals surface area contributed by atoms with E-state index in [1.54, 1.807) is 0 Å². The lowest BCUT2D eigenvalue weighted by atomic mass is 10.0. The molecule has 23 heavy (non-hydrogen) atoms. The van der Waals surface area contributed by atoms with E-state index in [9.17, 15) is 26.4 Å². The van der Waals surface area contributed by atoms with Gasteiger partial charge in [-0.1, -0.05) is 0 Å². The highest BCUT2D eigenvalue weighted by Gasteiger charge is 2.47. The molecular weight excluding hydrogens is 331 g/mol. The van der Waals surface area contributed by atoms with E-state index in [2.05, 4.69) is 4.98 Å². The van der Waals surface area contributed by atoms with Crippen molar-refractivity contribution in [3.63, 3.8) is 0 Å². The number of Topliss-reactive ketones (excluding diaryl/α,β-unsaturated/α-hetero) is 1.